The highest BCUT2D eigenvalue weighted by Gasteiger charge is 2.29. The van der Waals surface area contributed by atoms with Gasteiger partial charge in [-0.05, 0) is 36.4 Å². The summed E-state index contributed by atoms with van der Waals surface area (Å²) in [6.45, 7) is 1.53. The van der Waals surface area contributed by atoms with Crippen LogP contribution in [0.15, 0.2) is 53.4 Å². The first-order valence-electron chi connectivity index (χ1n) is 8.38. The van der Waals surface area contributed by atoms with Crippen molar-refractivity contribution in [3.63, 3.8) is 0 Å². The standard InChI is InChI=1S/C18H19ClFN3O3S/c19-14-3-1-6-17(11-14)27(25,26)23-9-7-22(8-10-23)13-18(24)21-16-5-2-4-15(20)12-16/h1-6,11-12H,7-10,13H2,(H,21,24). The van der Waals surface area contributed by atoms with Crippen molar-refractivity contribution < 1.29 is 17.6 Å². The molecule has 0 spiro atoms. The molecule has 1 heterocycles. The molecule has 0 aromatic heterocycles. The zero-order chi connectivity index (χ0) is 19.4. The van der Waals surface area contributed by atoms with Gasteiger partial charge < -0.3 is 5.32 Å². The zero-order valence-electron chi connectivity index (χ0n) is 14.4. The van der Waals surface area contributed by atoms with Crippen molar-refractivity contribution in [2.75, 3.05) is 38.0 Å². The molecule has 2 aromatic carbocycles. The number of nitrogens with zero attached hydrogens (tertiary/aromatic N) is 2. The molecule has 0 bridgehead atoms. The number of sulfonamides is 1. The third-order valence-corrected chi connectivity index (χ3v) is 6.37. The van der Waals surface area contributed by atoms with Gasteiger partial charge in [0, 0.05) is 36.9 Å². The van der Waals surface area contributed by atoms with E-state index in [1.54, 1.807) is 18.2 Å². The van der Waals surface area contributed by atoms with Crippen LogP contribution < -0.4 is 5.32 Å². The first-order valence-corrected chi connectivity index (χ1v) is 10.2. The molecule has 0 atom stereocenters. The average molecular weight is 412 g/mol. The smallest absolute Gasteiger partial charge is 0.243 e. The van der Waals surface area contributed by atoms with E-state index in [9.17, 15) is 17.6 Å². The summed E-state index contributed by atoms with van der Waals surface area (Å²) in [4.78, 5) is 14.1. The zero-order valence-corrected chi connectivity index (χ0v) is 16.0. The summed E-state index contributed by atoms with van der Waals surface area (Å²) in [5.74, 6) is -0.695. The average Bonchev–Trinajstić information content (AvgIpc) is 2.62. The number of piperazine rings is 1. The molecule has 1 aliphatic rings. The second-order valence-electron chi connectivity index (χ2n) is 6.20. The third-order valence-electron chi connectivity index (χ3n) is 4.24. The second kappa shape index (κ2) is 8.35. The van der Waals surface area contributed by atoms with Crippen LogP contribution in [0.4, 0.5) is 10.1 Å². The lowest BCUT2D eigenvalue weighted by molar-refractivity contribution is -0.117. The number of halogens is 2. The van der Waals surface area contributed by atoms with Crippen LogP contribution in [0.5, 0.6) is 0 Å². The Morgan fingerprint density at radius 2 is 1.78 bits per heavy atom. The molecule has 6 nitrogen and oxygen atoms in total. The van der Waals surface area contributed by atoms with Gasteiger partial charge in [-0.15, -0.1) is 0 Å². The van der Waals surface area contributed by atoms with E-state index >= 15 is 0 Å². The Morgan fingerprint density at radius 3 is 2.44 bits per heavy atom. The highest BCUT2D eigenvalue weighted by molar-refractivity contribution is 7.89. The van der Waals surface area contributed by atoms with Gasteiger partial charge in [-0.2, -0.15) is 4.31 Å². The van der Waals surface area contributed by atoms with E-state index in [1.807, 2.05) is 4.90 Å². The van der Waals surface area contributed by atoms with Gasteiger partial charge in [0.1, 0.15) is 5.82 Å². The van der Waals surface area contributed by atoms with Crippen LogP contribution in [0.25, 0.3) is 0 Å². The van der Waals surface area contributed by atoms with Crippen molar-refractivity contribution in [3.05, 3.63) is 59.4 Å². The van der Waals surface area contributed by atoms with Gasteiger partial charge in [0.2, 0.25) is 15.9 Å². The summed E-state index contributed by atoms with van der Waals surface area (Å²) >= 11 is 5.89. The molecule has 0 aliphatic carbocycles. The van der Waals surface area contributed by atoms with E-state index in [2.05, 4.69) is 5.32 Å². The summed E-state index contributed by atoms with van der Waals surface area (Å²) in [5.41, 5.74) is 0.391. The number of nitrogens with one attached hydrogen (secondary N) is 1. The Bertz CT molecular complexity index is 931. The molecule has 9 heteroatoms. The quantitative estimate of drug-likeness (QED) is 0.820. The van der Waals surface area contributed by atoms with Gasteiger partial charge in [-0.3, -0.25) is 9.69 Å². The number of carbonyl (C=O) groups is 1. The minimum atomic E-state index is -3.61. The fourth-order valence-electron chi connectivity index (χ4n) is 2.87. The van der Waals surface area contributed by atoms with Gasteiger partial charge in [-0.1, -0.05) is 23.7 Å². The molecule has 2 aromatic rings. The van der Waals surface area contributed by atoms with Crippen molar-refractivity contribution in [2.45, 2.75) is 4.90 Å². The fraction of sp³-hybridized carbons (Fsp3) is 0.278. The molecular weight excluding hydrogens is 393 g/mol. The highest BCUT2D eigenvalue weighted by Crippen LogP contribution is 2.21. The van der Waals surface area contributed by atoms with Gasteiger partial charge >= 0.3 is 0 Å². The third kappa shape index (κ3) is 5.04. The summed E-state index contributed by atoms with van der Waals surface area (Å²) in [7, 11) is -3.61. The Balaban J connectivity index is 1.55. The number of benzene rings is 2. The van der Waals surface area contributed by atoms with Crippen LogP contribution in [0.2, 0.25) is 5.02 Å². The van der Waals surface area contributed by atoms with Crippen LogP contribution >= 0.6 is 11.6 Å². The fourth-order valence-corrected chi connectivity index (χ4v) is 4.60. The Kier molecular flexibility index (Phi) is 6.11. The van der Waals surface area contributed by atoms with Gasteiger partial charge in [0.25, 0.3) is 0 Å². The number of anilines is 1. The van der Waals surface area contributed by atoms with Crippen LogP contribution in [0, 0.1) is 5.82 Å². The minimum Gasteiger partial charge on any atom is -0.325 e. The Morgan fingerprint density at radius 1 is 1.07 bits per heavy atom. The normalized spacial score (nSPS) is 16.2. The molecule has 1 aliphatic heterocycles. The largest absolute Gasteiger partial charge is 0.325 e. The molecule has 0 saturated carbocycles. The summed E-state index contributed by atoms with van der Waals surface area (Å²) in [6, 6.07) is 11.8. The number of carbonyl (C=O) groups excluding carboxylic acids is 1. The first-order chi connectivity index (χ1) is 12.8. The SMILES string of the molecule is O=C(CN1CCN(S(=O)(=O)c2cccc(Cl)c2)CC1)Nc1cccc(F)c1. The molecule has 0 unspecified atom stereocenters. The van der Waals surface area contributed by atoms with Crippen molar-refractivity contribution in [1.82, 2.24) is 9.21 Å². The van der Waals surface area contributed by atoms with Crippen LogP contribution in [0.1, 0.15) is 0 Å². The predicted molar refractivity (Wildman–Crippen MR) is 102 cm³/mol. The molecule has 1 fully saturated rings. The van der Waals surface area contributed by atoms with E-state index in [1.165, 1.54) is 34.6 Å². The molecule has 27 heavy (non-hydrogen) atoms. The van der Waals surface area contributed by atoms with Crippen molar-refractivity contribution in [1.29, 1.82) is 0 Å². The maximum atomic E-state index is 13.2. The minimum absolute atomic E-state index is 0.113. The number of rotatable bonds is 5. The topological polar surface area (TPSA) is 69.7 Å². The lowest BCUT2D eigenvalue weighted by Crippen LogP contribution is -2.50. The van der Waals surface area contributed by atoms with Crippen LogP contribution in [-0.4, -0.2) is 56.3 Å². The van der Waals surface area contributed by atoms with Crippen LogP contribution in [-0.2, 0) is 14.8 Å². The molecule has 144 valence electrons. The maximum Gasteiger partial charge on any atom is 0.243 e. The van der Waals surface area contributed by atoms with E-state index in [0.717, 1.165) is 0 Å². The molecule has 1 saturated heterocycles. The summed E-state index contributed by atoms with van der Waals surface area (Å²) in [6.07, 6.45) is 0. The predicted octanol–water partition coefficient (Wildman–Crippen LogP) is 2.42. The number of hydrogen-bond donors (Lipinski definition) is 1. The van der Waals surface area contributed by atoms with E-state index in [0.29, 0.717) is 23.8 Å². The molecule has 1 N–H and O–H groups in total. The van der Waals surface area contributed by atoms with E-state index in [-0.39, 0.29) is 30.4 Å². The molecule has 1 amide bonds. The highest BCUT2D eigenvalue weighted by atomic mass is 35.5. The monoisotopic (exact) mass is 411 g/mol. The Hall–Kier alpha value is -2.00. The van der Waals surface area contributed by atoms with Gasteiger partial charge in [0.05, 0.1) is 11.4 Å². The lowest BCUT2D eigenvalue weighted by atomic mass is 10.3. The van der Waals surface area contributed by atoms with E-state index < -0.39 is 15.8 Å². The Labute approximate surface area is 162 Å². The van der Waals surface area contributed by atoms with Crippen LogP contribution in [0.3, 0.4) is 0 Å². The number of hydrogen-bond acceptors (Lipinski definition) is 4. The lowest BCUT2D eigenvalue weighted by Gasteiger charge is -2.33. The maximum absolute atomic E-state index is 13.2. The summed E-state index contributed by atoms with van der Waals surface area (Å²) < 4.78 is 39.9. The molecular formula is C18H19ClFN3O3S. The molecule has 0 radical (unpaired) electrons. The van der Waals surface area contributed by atoms with Crippen molar-refractivity contribution >= 4 is 33.2 Å². The van der Waals surface area contributed by atoms with Crippen molar-refractivity contribution in [2.24, 2.45) is 0 Å². The second-order valence-corrected chi connectivity index (χ2v) is 8.57. The van der Waals surface area contributed by atoms with Gasteiger partial charge in [-0.25, -0.2) is 12.8 Å². The summed E-state index contributed by atoms with van der Waals surface area (Å²) in [5, 5.41) is 3.00. The van der Waals surface area contributed by atoms with Gasteiger partial charge in [0.15, 0.2) is 0 Å². The van der Waals surface area contributed by atoms with Crippen molar-refractivity contribution in [3.8, 4) is 0 Å². The first kappa shape index (κ1) is 19.8. The number of amides is 1. The van der Waals surface area contributed by atoms with E-state index in [4.69, 9.17) is 11.6 Å². The molecule has 3 rings (SSSR count).